The van der Waals surface area contributed by atoms with Gasteiger partial charge in [-0.3, -0.25) is 19.4 Å². The number of hydrogen-bond acceptors (Lipinski definition) is 6. The number of rotatable bonds is 14. The minimum atomic E-state index is -1.15. The number of carboxylic acid groups (broad SMARTS) is 1. The van der Waals surface area contributed by atoms with Crippen LogP contribution in [0.4, 0.5) is 0 Å². The number of likely N-dealkylation sites (tertiary alicyclic amines) is 1. The second-order valence-corrected chi connectivity index (χ2v) is 9.96. The van der Waals surface area contributed by atoms with Crippen LogP contribution in [0.1, 0.15) is 66.2 Å². The van der Waals surface area contributed by atoms with Gasteiger partial charge in [-0.25, -0.2) is 4.79 Å². The molecule has 3 amide bonds. The quantitative estimate of drug-likeness (QED) is 0.104. The second-order valence-electron chi connectivity index (χ2n) is 9.96. The molecule has 1 heterocycles. The molecule has 1 rings (SSSR count). The zero-order chi connectivity index (χ0) is 26.7. The second kappa shape index (κ2) is 14.5. The third-order valence-corrected chi connectivity index (χ3v) is 5.78. The topological polar surface area (TPSA) is 206 Å². The first kappa shape index (κ1) is 30.1. The van der Waals surface area contributed by atoms with Crippen LogP contribution in [-0.2, 0) is 19.2 Å². The number of carboxylic acids is 1. The highest BCUT2D eigenvalue weighted by Crippen LogP contribution is 2.20. The zero-order valence-corrected chi connectivity index (χ0v) is 21.3. The van der Waals surface area contributed by atoms with Crippen molar-refractivity contribution in [2.75, 3.05) is 13.1 Å². The lowest BCUT2D eigenvalue weighted by Crippen LogP contribution is -2.56. The minimum Gasteiger partial charge on any atom is -0.480 e. The Kier molecular flexibility index (Phi) is 12.5. The van der Waals surface area contributed by atoms with Crippen LogP contribution in [0.15, 0.2) is 4.99 Å². The molecule has 0 aromatic heterocycles. The summed E-state index contributed by atoms with van der Waals surface area (Å²) in [7, 11) is 0. The van der Waals surface area contributed by atoms with Crippen molar-refractivity contribution in [3.05, 3.63) is 0 Å². The number of carbonyl (C=O) groups excluding carboxylic acids is 3. The number of nitrogens with two attached hydrogens (primary N) is 3. The molecule has 12 nitrogen and oxygen atoms in total. The van der Waals surface area contributed by atoms with Crippen LogP contribution in [0.2, 0.25) is 0 Å². The first-order chi connectivity index (χ1) is 16.3. The third kappa shape index (κ3) is 10.5. The highest BCUT2D eigenvalue weighted by Gasteiger charge is 2.38. The van der Waals surface area contributed by atoms with Crippen LogP contribution in [0.5, 0.6) is 0 Å². The van der Waals surface area contributed by atoms with Gasteiger partial charge in [-0.15, -0.1) is 0 Å². The Hall–Kier alpha value is -2.89. The van der Waals surface area contributed by atoms with E-state index in [9.17, 15) is 24.3 Å². The summed E-state index contributed by atoms with van der Waals surface area (Å²) in [6, 6.07) is -3.53. The highest BCUT2D eigenvalue weighted by atomic mass is 16.4. The minimum absolute atomic E-state index is 0.0411. The Bertz CT molecular complexity index is 767. The van der Waals surface area contributed by atoms with Crippen molar-refractivity contribution in [3.8, 4) is 0 Å². The lowest BCUT2D eigenvalue weighted by molar-refractivity contribution is -0.143. The Labute approximate surface area is 207 Å². The molecule has 0 bridgehead atoms. The summed E-state index contributed by atoms with van der Waals surface area (Å²) in [6.45, 7) is 8.31. The summed E-state index contributed by atoms with van der Waals surface area (Å²) in [5, 5.41) is 14.7. The molecule has 12 heteroatoms. The van der Waals surface area contributed by atoms with E-state index in [2.05, 4.69) is 15.6 Å². The Morgan fingerprint density at radius 1 is 1.03 bits per heavy atom. The molecule has 1 saturated heterocycles. The van der Waals surface area contributed by atoms with Crippen molar-refractivity contribution in [1.82, 2.24) is 15.5 Å². The van der Waals surface area contributed by atoms with Gasteiger partial charge in [0.15, 0.2) is 5.96 Å². The molecule has 0 spiro atoms. The van der Waals surface area contributed by atoms with Crippen molar-refractivity contribution >= 4 is 29.7 Å². The predicted octanol–water partition coefficient (Wildman–Crippen LogP) is -0.495. The molecule has 0 aliphatic carbocycles. The summed E-state index contributed by atoms with van der Waals surface area (Å²) in [5.41, 5.74) is 16.7. The number of guanidine groups is 1. The molecule has 200 valence electrons. The van der Waals surface area contributed by atoms with E-state index in [0.29, 0.717) is 32.2 Å². The van der Waals surface area contributed by atoms with E-state index in [4.69, 9.17) is 17.2 Å². The predicted molar refractivity (Wildman–Crippen MR) is 133 cm³/mol. The van der Waals surface area contributed by atoms with E-state index in [0.717, 1.165) is 0 Å². The van der Waals surface area contributed by atoms with Crippen LogP contribution in [0.3, 0.4) is 0 Å². The van der Waals surface area contributed by atoms with E-state index >= 15 is 0 Å². The van der Waals surface area contributed by atoms with Gasteiger partial charge in [0.05, 0.1) is 6.04 Å². The van der Waals surface area contributed by atoms with Gasteiger partial charge in [-0.05, 0) is 50.4 Å². The maximum atomic E-state index is 13.1. The average Bonchev–Trinajstić information content (AvgIpc) is 3.23. The summed E-state index contributed by atoms with van der Waals surface area (Å²) in [5.74, 6) is -2.32. The molecule has 4 unspecified atom stereocenters. The summed E-state index contributed by atoms with van der Waals surface area (Å²) in [6.07, 6.45) is 2.43. The number of aliphatic carboxylic acids is 1. The number of nitrogens with zero attached hydrogens (tertiary/aromatic N) is 2. The Balaban J connectivity index is 2.96. The maximum Gasteiger partial charge on any atom is 0.326 e. The number of nitrogens with one attached hydrogen (secondary N) is 2. The van der Waals surface area contributed by atoms with Gasteiger partial charge in [0.2, 0.25) is 17.7 Å². The molecule has 35 heavy (non-hydrogen) atoms. The van der Waals surface area contributed by atoms with Gasteiger partial charge in [-0.1, -0.05) is 27.7 Å². The molecular weight excluding hydrogens is 454 g/mol. The average molecular weight is 498 g/mol. The molecule has 0 aromatic rings. The maximum absolute atomic E-state index is 13.1. The molecule has 1 aliphatic heterocycles. The number of carbonyl (C=O) groups is 4. The van der Waals surface area contributed by atoms with Crippen molar-refractivity contribution in [2.45, 2.75) is 90.4 Å². The SMILES string of the molecule is CC(C)CC(N)C(=O)N1CCCC1C(=O)NC(CCCN=C(N)N)C(=O)NC(CC(C)C)C(=O)O. The fraction of sp³-hybridized carbons (Fsp3) is 0.783. The number of hydrogen-bond donors (Lipinski definition) is 6. The van der Waals surface area contributed by atoms with E-state index < -0.39 is 42.0 Å². The first-order valence-electron chi connectivity index (χ1n) is 12.3. The highest BCUT2D eigenvalue weighted by molar-refractivity contribution is 5.94. The van der Waals surface area contributed by atoms with E-state index in [1.165, 1.54) is 4.90 Å². The largest absolute Gasteiger partial charge is 0.480 e. The van der Waals surface area contributed by atoms with Crippen molar-refractivity contribution in [3.63, 3.8) is 0 Å². The fourth-order valence-corrected chi connectivity index (χ4v) is 4.13. The lowest BCUT2D eigenvalue weighted by atomic mass is 10.0. The molecule has 1 aliphatic rings. The van der Waals surface area contributed by atoms with Gasteiger partial charge in [0, 0.05) is 13.1 Å². The monoisotopic (exact) mass is 497 g/mol. The zero-order valence-electron chi connectivity index (χ0n) is 21.3. The molecule has 0 aromatic carbocycles. The molecular formula is C23H43N7O5. The lowest BCUT2D eigenvalue weighted by Gasteiger charge is -2.29. The van der Waals surface area contributed by atoms with Crippen LogP contribution in [-0.4, -0.2) is 76.9 Å². The van der Waals surface area contributed by atoms with Gasteiger partial charge in [0.25, 0.3) is 0 Å². The number of aliphatic imine (C=N–C) groups is 1. The summed E-state index contributed by atoms with van der Waals surface area (Å²) < 4.78 is 0. The molecule has 0 saturated carbocycles. The molecule has 0 radical (unpaired) electrons. The van der Waals surface area contributed by atoms with Crippen LogP contribution >= 0.6 is 0 Å². The molecule has 1 fully saturated rings. The number of amides is 3. The standard InChI is InChI=1S/C23H43N7O5/c1-13(2)11-15(24)21(33)30-10-6-8-18(30)20(32)28-16(7-5-9-27-23(25)26)19(31)29-17(22(34)35)12-14(3)4/h13-18H,5-12,24H2,1-4H3,(H,28,32)(H,29,31)(H,34,35)(H4,25,26,27). The first-order valence-corrected chi connectivity index (χ1v) is 12.3. The van der Waals surface area contributed by atoms with Crippen LogP contribution in [0.25, 0.3) is 0 Å². The smallest absolute Gasteiger partial charge is 0.326 e. The molecule has 4 atom stereocenters. The van der Waals surface area contributed by atoms with Crippen molar-refractivity contribution in [1.29, 1.82) is 0 Å². The fourth-order valence-electron chi connectivity index (χ4n) is 4.13. The van der Waals surface area contributed by atoms with E-state index in [1.54, 1.807) is 0 Å². The summed E-state index contributed by atoms with van der Waals surface area (Å²) >= 11 is 0. The van der Waals surface area contributed by atoms with Gasteiger partial charge < -0.3 is 37.8 Å². The van der Waals surface area contributed by atoms with Crippen LogP contribution in [0, 0.1) is 11.8 Å². The Morgan fingerprint density at radius 2 is 1.66 bits per heavy atom. The van der Waals surface area contributed by atoms with Gasteiger partial charge >= 0.3 is 5.97 Å². The molecule has 9 N–H and O–H groups in total. The van der Waals surface area contributed by atoms with E-state index in [-0.39, 0.29) is 43.1 Å². The summed E-state index contributed by atoms with van der Waals surface area (Å²) in [4.78, 5) is 56.0. The van der Waals surface area contributed by atoms with E-state index in [1.807, 2.05) is 27.7 Å². The van der Waals surface area contributed by atoms with Gasteiger partial charge in [0.1, 0.15) is 18.1 Å². The van der Waals surface area contributed by atoms with Crippen molar-refractivity contribution < 1.29 is 24.3 Å². The van der Waals surface area contributed by atoms with Gasteiger partial charge in [-0.2, -0.15) is 0 Å². The van der Waals surface area contributed by atoms with Crippen molar-refractivity contribution in [2.24, 2.45) is 34.0 Å². The normalized spacial score (nSPS) is 18.1. The van der Waals surface area contributed by atoms with Crippen LogP contribution < -0.4 is 27.8 Å². The third-order valence-electron chi connectivity index (χ3n) is 5.78. The Morgan fingerprint density at radius 3 is 2.20 bits per heavy atom.